The number of rotatable bonds is 5. The first-order valence-electron chi connectivity index (χ1n) is 6.14. The monoisotopic (exact) mass is 204 g/mol. The minimum Gasteiger partial charge on any atom is -0.0645 e. The summed E-state index contributed by atoms with van der Waals surface area (Å²) < 4.78 is 0. The molecule has 0 N–H and O–H groups in total. The van der Waals surface area contributed by atoms with E-state index in [-0.39, 0.29) is 0 Å². The molecule has 0 aliphatic heterocycles. The van der Waals surface area contributed by atoms with Gasteiger partial charge in [-0.05, 0) is 29.7 Å². The molecular formula is C15H24. The van der Waals surface area contributed by atoms with Crippen LogP contribution < -0.4 is 0 Å². The SMILES string of the molecule is CCC(C)(CCC(C)C)c1ccccc1. The summed E-state index contributed by atoms with van der Waals surface area (Å²) >= 11 is 0. The third-order valence-corrected chi connectivity index (χ3v) is 3.52. The highest BCUT2D eigenvalue weighted by molar-refractivity contribution is 5.24. The van der Waals surface area contributed by atoms with Crippen molar-refractivity contribution in [3.63, 3.8) is 0 Å². The van der Waals surface area contributed by atoms with Crippen molar-refractivity contribution in [2.24, 2.45) is 5.92 Å². The average molecular weight is 204 g/mol. The van der Waals surface area contributed by atoms with Crippen LogP contribution in [0.15, 0.2) is 30.3 Å². The first-order chi connectivity index (χ1) is 7.08. The first-order valence-corrected chi connectivity index (χ1v) is 6.14. The minimum absolute atomic E-state index is 0.367. The van der Waals surface area contributed by atoms with Gasteiger partial charge in [-0.15, -0.1) is 0 Å². The van der Waals surface area contributed by atoms with E-state index >= 15 is 0 Å². The molecule has 1 atom stereocenters. The fourth-order valence-electron chi connectivity index (χ4n) is 1.97. The zero-order valence-corrected chi connectivity index (χ0v) is 10.6. The van der Waals surface area contributed by atoms with E-state index in [1.165, 1.54) is 24.8 Å². The molecule has 15 heavy (non-hydrogen) atoms. The molecule has 0 heterocycles. The Morgan fingerprint density at radius 1 is 1.13 bits per heavy atom. The van der Waals surface area contributed by atoms with E-state index in [4.69, 9.17) is 0 Å². The largest absolute Gasteiger partial charge is 0.0645 e. The summed E-state index contributed by atoms with van der Waals surface area (Å²) in [6.45, 7) is 9.31. The molecule has 0 saturated carbocycles. The summed E-state index contributed by atoms with van der Waals surface area (Å²) in [5, 5.41) is 0. The predicted octanol–water partition coefficient (Wildman–Crippen LogP) is 4.79. The molecule has 1 rings (SSSR count). The van der Waals surface area contributed by atoms with Crippen LogP contribution in [0.5, 0.6) is 0 Å². The summed E-state index contributed by atoms with van der Waals surface area (Å²) in [6.07, 6.45) is 3.84. The van der Waals surface area contributed by atoms with E-state index in [0.717, 1.165) is 5.92 Å². The Kier molecular flexibility index (Phi) is 4.38. The van der Waals surface area contributed by atoms with Gasteiger partial charge in [0.25, 0.3) is 0 Å². The van der Waals surface area contributed by atoms with Crippen molar-refractivity contribution in [1.29, 1.82) is 0 Å². The van der Waals surface area contributed by atoms with Gasteiger partial charge in [0.1, 0.15) is 0 Å². The van der Waals surface area contributed by atoms with Crippen molar-refractivity contribution >= 4 is 0 Å². The summed E-state index contributed by atoms with van der Waals surface area (Å²) in [5.74, 6) is 0.805. The second-order valence-electron chi connectivity index (χ2n) is 5.21. The van der Waals surface area contributed by atoms with Gasteiger partial charge in [-0.3, -0.25) is 0 Å². The van der Waals surface area contributed by atoms with Gasteiger partial charge >= 0.3 is 0 Å². The van der Waals surface area contributed by atoms with E-state index in [1.807, 2.05) is 0 Å². The van der Waals surface area contributed by atoms with Crippen LogP contribution in [0.1, 0.15) is 52.5 Å². The lowest BCUT2D eigenvalue weighted by Crippen LogP contribution is -2.21. The highest BCUT2D eigenvalue weighted by Crippen LogP contribution is 2.33. The fourth-order valence-corrected chi connectivity index (χ4v) is 1.97. The zero-order valence-electron chi connectivity index (χ0n) is 10.6. The molecule has 84 valence electrons. The van der Waals surface area contributed by atoms with E-state index in [9.17, 15) is 0 Å². The van der Waals surface area contributed by atoms with Crippen LogP contribution in [0.25, 0.3) is 0 Å². The normalized spacial score (nSPS) is 15.3. The Hall–Kier alpha value is -0.780. The summed E-state index contributed by atoms with van der Waals surface area (Å²) in [7, 11) is 0. The van der Waals surface area contributed by atoms with Gasteiger partial charge in [0, 0.05) is 0 Å². The summed E-state index contributed by atoms with van der Waals surface area (Å²) in [6, 6.07) is 10.9. The number of hydrogen-bond acceptors (Lipinski definition) is 0. The maximum absolute atomic E-state index is 2.39. The molecule has 0 aliphatic rings. The Balaban J connectivity index is 2.76. The molecular weight excluding hydrogens is 180 g/mol. The molecule has 1 unspecified atom stereocenters. The third-order valence-electron chi connectivity index (χ3n) is 3.52. The number of hydrogen-bond donors (Lipinski definition) is 0. The Morgan fingerprint density at radius 2 is 1.73 bits per heavy atom. The van der Waals surface area contributed by atoms with Crippen LogP contribution in [-0.4, -0.2) is 0 Å². The summed E-state index contributed by atoms with van der Waals surface area (Å²) in [5.41, 5.74) is 1.86. The maximum Gasteiger partial charge on any atom is -0.00778 e. The van der Waals surface area contributed by atoms with Crippen molar-refractivity contribution in [3.05, 3.63) is 35.9 Å². The maximum atomic E-state index is 2.39. The highest BCUT2D eigenvalue weighted by atomic mass is 14.3. The van der Waals surface area contributed by atoms with Crippen molar-refractivity contribution in [2.45, 2.75) is 52.4 Å². The molecule has 0 heteroatoms. The lowest BCUT2D eigenvalue weighted by Gasteiger charge is -2.29. The van der Waals surface area contributed by atoms with Crippen molar-refractivity contribution in [1.82, 2.24) is 0 Å². The summed E-state index contributed by atoms with van der Waals surface area (Å²) in [4.78, 5) is 0. The van der Waals surface area contributed by atoms with Gasteiger partial charge < -0.3 is 0 Å². The Bertz CT molecular complexity index is 273. The smallest absolute Gasteiger partial charge is 0.00778 e. The van der Waals surface area contributed by atoms with E-state index < -0.39 is 0 Å². The Labute approximate surface area is 94.7 Å². The van der Waals surface area contributed by atoms with Crippen LogP contribution in [0.3, 0.4) is 0 Å². The van der Waals surface area contributed by atoms with Crippen LogP contribution in [0, 0.1) is 5.92 Å². The van der Waals surface area contributed by atoms with Gasteiger partial charge in [-0.25, -0.2) is 0 Å². The average Bonchev–Trinajstić information content (AvgIpc) is 2.27. The fraction of sp³-hybridized carbons (Fsp3) is 0.600. The van der Waals surface area contributed by atoms with Crippen molar-refractivity contribution in [3.8, 4) is 0 Å². The molecule has 0 spiro atoms. The molecule has 1 aromatic carbocycles. The first kappa shape index (κ1) is 12.3. The molecule has 0 bridgehead atoms. The topological polar surface area (TPSA) is 0 Å². The lowest BCUT2D eigenvalue weighted by atomic mass is 9.75. The van der Waals surface area contributed by atoms with Crippen molar-refractivity contribution in [2.75, 3.05) is 0 Å². The van der Waals surface area contributed by atoms with Crippen LogP contribution in [0.4, 0.5) is 0 Å². The molecule has 0 saturated heterocycles. The van der Waals surface area contributed by atoms with Crippen molar-refractivity contribution < 1.29 is 0 Å². The minimum atomic E-state index is 0.367. The molecule has 0 fully saturated rings. The second-order valence-corrected chi connectivity index (χ2v) is 5.21. The van der Waals surface area contributed by atoms with E-state index in [2.05, 4.69) is 58.0 Å². The second kappa shape index (κ2) is 5.34. The molecule has 0 amide bonds. The molecule has 0 aromatic heterocycles. The predicted molar refractivity (Wildman–Crippen MR) is 68.2 cm³/mol. The van der Waals surface area contributed by atoms with Gasteiger partial charge in [0.05, 0.1) is 0 Å². The van der Waals surface area contributed by atoms with E-state index in [1.54, 1.807) is 0 Å². The van der Waals surface area contributed by atoms with Crippen LogP contribution >= 0.6 is 0 Å². The van der Waals surface area contributed by atoms with Crippen LogP contribution in [-0.2, 0) is 5.41 Å². The van der Waals surface area contributed by atoms with Gasteiger partial charge in [-0.1, -0.05) is 64.4 Å². The molecule has 0 radical (unpaired) electrons. The molecule has 0 aliphatic carbocycles. The zero-order chi connectivity index (χ0) is 11.3. The quantitative estimate of drug-likeness (QED) is 0.647. The van der Waals surface area contributed by atoms with Gasteiger partial charge in [0.2, 0.25) is 0 Å². The molecule has 0 nitrogen and oxygen atoms in total. The lowest BCUT2D eigenvalue weighted by molar-refractivity contribution is 0.373. The van der Waals surface area contributed by atoms with Crippen LogP contribution in [0.2, 0.25) is 0 Å². The Morgan fingerprint density at radius 3 is 2.20 bits per heavy atom. The molecule has 1 aromatic rings. The van der Waals surface area contributed by atoms with Gasteiger partial charge in [-0.2, -0.15) is 0 Å². The van der Waals surface area contributed by atoms with Gasteiger partial charge in [0.15, 0.2) is 0 Å². The number of benzene rings is 1. The highest BCUT2D eigenvalue weighted by Gasteiger charge is 2.23. The van der Waals surface area contributed by atoms with E-state index in [0.29, 0.717) is 5.41 Å². The standard InChI is InChI=1S/C15H24/c1-5-15(4,12-11-13(2)3)14-9-7-6-8-10-14/h6-10,13H,5,11-12H2,1-4H3. The third kappa shape index (κ3) is 3.37.